The van der Waals surface area contributed by atoms with Crippen LogP contribution in [-0.2, 0) is 24.3 Å². The van der Waals surface area contributed by atoms with E-state index in [2.05, 4.69) is 29.2 Å². The molecule has 1 aliphatic rings. The van der Waals surface area contributed by atoms with Gasteiger partial charge in [-0.3, -0.25) is 9.69 Å². The van der Waals surface area contributed by atoms with Crippen LogP contribution in [0.4, 0.5) is 0 Å². The van der Waals surface area contributed by atoms with Crippen molar-refractivity contribution in [3.8, 4) is 0 Å². The molecule has 2 aromatic rings. The van der Waals surface area contributed by atoms with E-state index in [-0.39, 0.29) is 18.6 Å². The number of carbonyl (C=O) groups is 1. The first kappa shape index (κ1) is 17.6. The lowest BCUT2D eigenvalue weighted by Crippen LogP contribution is -2.49. The van der Waals surface area contributed by atoms with Crippen LogP contribution in [0.15, 0.2) is 54.6 Å². The topological polar surface area (TPSA) is 43.8 Å². The number of benzene rings is 2. The summed E-state index contributed by atoms with van der Waals surface area (Å²) in [5, 5.41) is 9.38. The van der Waals surface area contributed by atoms with Crippen LogP contribution < -0.4 is 0 Å². The maximum absolute atomic E-state index is 13.0. The summed E-state index contributed by atoms with van der Waals surface area (Å²) in [5.41, 5.74) is 3.78. The Kier molecular flexibility index (Phi) is 5.84. The van der Waals surface area contributed by atoms with Gasteiger partial charge in [-0.1, -0.05) is 54.6 Å². The van der Waals surface area contributed by atoms with Crippen molar-refractivity contribution in [1.29, 1.82) is 0 Å². The molecule has 0 saturated carbocycles. The second-order valence-corrected chi connectivity index (χ2v) is 6.63. The van der Waals surface area contributed by atoms with E-state index in [1.807, 2.05) is 37.3 Å². The third-order valence-electron chi connectivity index (χ3n) is 4.96. The van der Waals surface area contributed by atoms with Crippen molar-refractivity contribution >= 4 is 5.91 Å². The van der Waals surface area contributed by atoms with E-state index >= 15 is 0 Å². The third-order valence-corrected chi connectivity index (χ3v) is 4.96. The fraction of sp³-hybridized carbons (Fsp3) is 0.381. The van der Waals surface area contributed by atoms with Gasteiger partial charge in [0.25, 0.3) is 0 Å². The molecule has 0 aromatic heterocycles. The Morgan fingerprint density at radius 2 is 1.80 bits per heavy atom. The number of hydrogen-bond donors (Lipinski definition) is 1. The fourth-order valence-electron chi connectivity index (χ4n) is 3.46. The van der Waals surface area contributed by atoms with Gasteiger partial charge in [-0.2, -0.15) is 0 Å². The lowest BCUT2D eigenvalue weighted by Gasteiger charge is -2.35. The Labute approximate surface area is 149 Å². The molecule has 0 radical (unpaired) electrons. The summed E-state index contributed by atoms with van der Waals surface area (Å²) >= 11 is 0. The normalized spacial score (nSPS) is 15.4. The molecule has 3 rings (SSSR count). The molecule has 1 aliphatic heterocycles. The second-order valence-electron chi connectivity index (χ2n) is 6.63. The SMILES string of the molecule is CC(C(=O)N(CCO)Cc1ccccc1)N1CCc2ccccc2C1. The van der Waals surface area contributed by atoms with E-state index in [0.29, 0.717) is 13.1 Å². The monoisotopic (exact) mass is 338 g/mol. The first-order valence-corrected chi connectivity index (χ1v) is 8.93. The Balaban J connectivity index is 1.69. The molecule has 132 valence electrons. The first-order valence-electron chi connectivity index (χ1n) is 8.93. The smallest absolute Gasteiger partial charge is 0.240 e. The lowest BCUT2D eigenvalue weighted by atomic mass is 9.98. The Morgan fingerprint density at radius 1 is 1.12 bits per heavy atom. The molecule has 0 bridgehead atoms. The number of aliphatic hydroxyl groups excluding tert-OH is 1. The highest BCUT2D eigenvalue weighted by atomic mass is 16.3. The largest absolute Gasteiger partial charge is 0.395 e. The van der Waals surface area contributed by atoms with Gasteiger partial charge in [-0.15, -0.1) is 0 Å². The summed E-state index contributed by atoms with van der Waals surface area (Å²) in [7, 11) is 0. The van der Waals surface area contributed by atoms with Crippen LogP contribution in [0.25, 0.3) is 0 Å². The summed E-state index contributed by atoms with van der Waals surface area (Å²) in [6, 6.07) is 18.2. The fourth-order valence-corrected chi connectivity index (χ4v) is 3.46. The number of rotatable bonds is 6. The molecule has 0 spiro atoms. The molecular weight excluding hydrogens is 312 g/mol. The van der Waals surface area contributed by atoms with Gasteiger partial charge < -0.3 is 10.0 Å². The predicted molar refractivity (Wildman–Crippen MR) is 99.0 cm³/mol. The molecule has 1 atom stereocenters. The van der Waals surface area contributed by atoms with Crippen molar-refractivity contribution in [2.75, 3.05) is 19.7 Å². The maximum atomic E-state index is 13.0. The third kappa shape index (κ3) is 4.27. The van der Waals surface area contributed by atoms with Gasteiger partial charge in [0.05, 0.1) is 12.6 Å². The summed E-state index contributed by atoms with van der Waals surface area (Å²) in [6.45, 7) is 4.56. The van der Waals surface area contributed by atoms with Gasteiger partial charge in [0.15, 0.2) is 0 Å². The van der Waals surface area contributed by atoms with Crippen LogP contribution in [0.3, 0.4) is 0 Å². The minimum Gasteiger partial charge on any atom is -0.395 e. The summed E-state index contributed by atoms with van der Waals surface area (Å²) in [6.07, 6.45) is 0.979. The van der Waals surface area contributed by atoms with Crippen LogP contribution in [0.5, 0.6) is 0 Å². The molecular formula is C21H26N2O2. The molecule has 2 aromatic carbocycles. The average molecular weight is 338 g/mol. The zero-order valence-electron chi connectivity index (χ0n) is 14.8. The van der Waals surface area contributed by atoms with Gasteiger partial charge in [0.1, 0.15) is 0 Å². The van der Waals surface area contributed by atoms with Crippen molar-refractivity contribution in [1.82, 2.24) is 9.80 Å². The number of hydrogen-bond acceptors (Lipinski definition) is 3. The van der Waals surface area contributed by atoms with Crippen LogP contribution in [-0.4, -0.2) is 46.6 Å². The number of fused-ring (bicyclic) bond motifs is 1. The van der Waals surface area contributed by atoms with Crippen molar-refractivity contribution in [2.24, 2.45) is 0 Å². The molecule has 1 unspecified atom stereocenters. The molecule has 4 nitrogen and oxygen atoms in total. The highest BCUT2D eigenvalue weighted by Gasteiger charge is 2.28. The minimum absolute atomic E-state index is 0.0197. The number of amides is 1. The van der Waals surface area contributed by atoms with Crippen LogP contribution in [0, 0.1) is 0 Å². The van der Waals surface area contributed by atoms with Crippen LogP contribution >= 0.6 is 0 Å². The maximum Gasteiger partial charge on any atom is 0.240 e. The van der Waals surface area contributed by atoms with E-state index in [1.165, 1.54) is 11.1 Å². The van der Waals surface area contributed by atoms with Crippen LogP contribution in [0.2, 0.25) is 0 Å². The standard InChI is InChI=1S/C21H26N2O2/c1-17(22-12-11-19-9-5-6-10-20(19)16-22)21(25)23(13-14-24)15-18-7-3-2-4-8-18/h2-10,17,24H,11-16H2,1H3. The van der Waals surface area contributed by atoms with Crippen LogP contribution in [0.1, 0.15) is 23.6 Å². The van der Waals surface area contributed by atoms with E-state index in [4.69, 9.17) is 0 Å². The minimum atomic E-state index is -0.191. The molecule has 1 heterocycles. The van der Waals surface area contributed by atoms with E-state index in [0.717, 1.165) is 25.1 Å². The summed E-state index contributed by atoms with van der Waals surface area (Å²) < 4.78 is 0. The van der Waals surface area contributed by atoms with Crippen molar-refractivity contribution in [2.45, 2.75) is 32.5 Å². The van der Waals surface area contributed by atoms with E-state index in [9.17, 15) is 9.90 Å². The Bertz CT molecular complexity index is 702. The van der Waals surface area contributed by atoms with Gasteiger partial charge >= 0.3 is 0 Å². The quantitative estimate of drug-likeness (QED) is 0.880. The molecule has 25 heavy (non-hydrogen) atoms. The highest BCUT2D eigenvalue weighted by molar-refractivity contribution is 5.81. The number of carbonyl (C=O) groups excluding carboxylic acids is 1. The molecule has 4 heteroatoms. The number of aliphatic hydroxyl groups is 1. The Hall–Kier alpha value is -2.17. The molecule has 0 fully saturated rings. The second kappa shape index (κ2) is 8.28. The lowest BCUT2D eigenvalue weighted by molar-refractivity contribution is -0.138. The summed E-state index contributed by atoms with van der Waals surface area (Å²) in [4.78, 5) is 17.0. The van der Waals surface area contributed by atoms with Gasteiger partial charge in [-0.05, 0) is 30.0 Å². The van der Waals surface area contributed by atoms with Gasteiger partial charge in [0, 0.05) is 26.2 Å². The first-order chi connectivity index (χ1) is 12.2. The van der Waals surface area contributed by atoms with Crippen molar-refractivity contribution < 1.29 is 9.90 Å². The average Bonchev–Trinajstić information content (AvgIpc) is 2.67. The predicted octanol–water partition coefficient (Wildman–Crippen LogP) is 2.45. The molecule has 0 aliphatic carbocycles. The van der Waals surface area contributed by atoms with Gasteiger partial charge in [-0.25, -0.2) is 0 Å². The molecule has 1 N–H and O–H groups in total. The molecule has 0 saturated heterocycles. The Morgan fingerprint density at radius 3 is 2.52 bits per heavy atom. The molecule has 1 amide bonds. The zero-order valence-corrected chi connectivity index (χ0v) is 14.8. The van der Waals surface area contributed by atoms with Crippen molar-refractivity contribution in [3.63, 3.8) is 0 Å². The van der Waals surface area contributed by atoms with Crippen molar-refractivity contribution in [3.05, 3.63) is 71.3 Å². The van der Waals surface area contributed by atoms with E-state index < -0.39 is 0 Å². The van der Waals surface area contributed by atoms with Gasteiger partial charge in [0.2, 0.25) is 5.91 Å². The van der Waals surface area contributed by atoms with E-state index in [1.54, 1.807) is 4.90 Å². The zero-order chi connectivity index (χ0) is 17.6. The summed E-state index contributed by atoms with van der Waals surface area (Å²) in [5.74, 6) is 0.0808. The highest BCUT2D eigenvalue weighted by Crippen LogP contribution is 2.21. The number of nitrogens with zero attached hydrogens (tertiary/aromatic N) is 2.